The van der Waals surface area contributed by atoms with E-state index in [0.29, 0.717) is 13.1 Å². The van der Waals surface area contributed by atoms with Gasteiger partial charge in [-0.05, 0) is 25.0 Å². The summed E-state index contributed by atoms with van der Waals surface area (Å²) in [6.45, 7) is 2.41. The van der Waals surface area contributed by atoms with E-state index in [1.165, 1.54) is 19.1 Å². The summed E-state index contributed by atoms with van der Waals surface area (Å²) >= 11 is 0. The van der Waals surface area contributed by atoms with Gasteiger partial charge in [-0.3, -0.25) is 9.59 Å². The number of nitrogens with zero attached hydrogens (tertiary/aromatic N) is 1. The van der Waals surface area contributed by atoms with Crippen molar-refractivity contribution in [3.8, 4) is 0 Å². The number of aromatic carboxylic acids is 1. The van der Waals surface area contributed by atoms with Crippen LogP contribution in [0.5, 0.6) is 0 Å². The number of rotatable bonds is 3. The largest absolute Gasteiger partial charge is 0.475 e. The van der Waals surface area contributed by atoms with Gasteiger partial charge >= 0.3 is 5.97 Å². The van der Waals surface area contributed by atoms with Crippen LogP contribution < -0.4 is 5.32 Å². The number of likely N-dealkylation sites (tertiary alicyclic amines) is 1. The monoisotopic (exact) mass is 280 g/mol. The average Bonchev–Trinajstić information content (AvgIpc) is 2.87. The van der Waals surface area contributed by atoms with Crippen molar-refractivity contribution in [2.75, 3.05) is 13.1 Å². The summed E-state index contributed by atoms with van der Waals surface area (Å²) < 4.78 is 5.00. The molecule has 2 N–H and O–H groups in total. The predicted molar refractivity (Wildman–Crippen MR) is 68.4 cm³/mol. The van der Waals surface area contributed by atoms with E-state index in [2.05, 4.69) is 5.32 Å². The SMILES string of the molecule is CC(=O)NC1CCCN(C(=O)c2ccc(C(=O)O)o2)C1. The van der Waals surface area contributed by atoms with Gasteiger partial charge in [-0.2, -0.15) is 0 Å². The van der Waals surface area contributed by atoms with Crippen molar-refractivity contribution in [3.63, 3.8) is 0 Å². The summed E-state index contributed by atoms with van der Waals surface area (Å²) in [6.07, 6.45) is 1.60. The molecule has 0 saturated carbocycles. The van der Waals surface area contributed by atoms with Crippen LogP contribution in [0.2, 0.25) is 0 Å². The van der Waals surface area contributed by atoms with E-state index >= 15 is 0 Å². The number of carboxylic acid groups (broad SMARTS) is 1. The molecule has 20 heavy (non-hydrogen) atoms. The Kier molecular flexibility index (Phi) is 4.07. The number of amides is 2. The highest BCUT2D eigenvalue weighted by Crippen LogP contribution is 2.16. The highest BCUT2D eigenvalue weighted by Gasteiger charge is 2.27. The molecule has 108 valence electrons. The van der Waals surface area contributed by atoms with Crippen LogP contribution in [0.1, 0.15) is 40.9 Å². The van der Waals surface area contributed by atoms with Gasteiger partial charge in [0, 0.05) is 26.1 Å². The first-order valence-corrected chi connectivity index (χ1v) is 6.37. The van der Waals surface area contributed by atoms with Crippen molar-refractivity contribution in [1.82, 2.24) is 10.2 Å². The van der Waals surface area contributed by atoms with Crippen molar-refractivity contribution in [1.29, 1.82) is 0 Å². The zero-order chi connectivity index (χ0) is 14.7. The Bertz CT molecular complexity index is 537. The smallest absolute Gasteiger partial charge is 0.371 e. The van der Waals surface area contributed by atoms with Crippen LogP contribution in [-0.2, 0) is 4.79 Å². The van der Waals surface area contributed by atoms with Gasteiger partial charge in [0.2, 0.25) is 11.7 Å². The summed E-state index contributed by atoms with van der Waals surface area (Å²) in [5.74, 6) is -1.95. The van der Waals surface area contributed by atoms with E-state index in [4.69, 9.17) is 9.52 Å². The van der Waals surface area contributed by atoms with E-state index in [9.17, 15) is 14.4 Å². The Morgan fingerprint density at radius 3 is 2.65 bits per heavy atom. The van der Waals surface area contributed by atoms with Gasteiger partial charge in [0.05, 0.1) is 0 Å². The van der Waals surface area contributed by atoms with Crippen LogP contribution in [0, 0.1) is 0 Å². The lowest BCUT2D eigenvalue weighted by Crippen LogP contribution is -2.49. The second kappa shape index (κ2) is 5.77. The van der Waals surface area contributed by atoms with Crippen molar-refractivity contribution in [2.24, 2.45) is 0 Å². The molecule has 2 amide bonds. The molecule has 1 fully saturated rings. The molecule has 2 rings (SSSR count). The zero-order valence-corrected chi connectivity index (χ0v) is 11.1. The van der Waals surface area contributed by atoms with Crippen LogP contribution >= 0.6 is 0 Å². The Hall–Kier alpha value is -2.31. The van der Waals surface area contributed by atoms with Gasteiger partial charge in [-0.1, -0.05) is 0 Å². The van der Waals surface area contributed by atoms with Crippen molar-refractivity contribution in [2.45, 2.75) is 25.8 Å². The number of hydrogen-bond donors (Lipinski definition) is 2. The summed E-state index contributed by atoms with van der Waals surface area (Å²) in [5.41, 5.74) is 0. The molecule has 0 bridgehead atoms. The Morgan fingerprint density at radius 2 is 2.05 bits per heavy atom. The molecule has 1 atom stereocenters. The van der Waals surface area contributed by atoms with Gasteiger partial charge in [-0.15, -0.1) is 0 Å². The number of furan rings is 1. The highest BCUT2D eigenvalue weighted by atomic mass is 16.4. The number of nitrogens with one attached hydrogen (secondary N) is 1. The lowest BCUT2D eigenvalue weighted by Gasteiger charge is -2.32. The fourth-order valence-electron chi connectivity index (χ4n) is 2.29. The molecule has 2 heterocycles. The summed E-state index contributed by atoms with van der Waals surface area (Å²) in [4.78, 5) is 35.5. The molecule has 1 aromatic rings. The van der Waals surface area contributed by atoms with Crippen LogP contribution in [-0.4, -0.2) is 46.9 Å². The maximum absolute atomic E-state index is 12.2. The Labute approximate surface area is 115 Å². The second-order valence-corrected chi connectivity index (χ2v) is 4.76. The van der Waals surface area contributed by atoms with E-state index < -0.39 is 5.97 Å². The lowest BCUT2D eigenvalue weighted by atomic mass is 10.1. The molecule has 0 spiro atoms. The Balaban J connectivity index is 2.04. The van der Waals surface area contributed by atoms with E-state index in [0.717, 1.165) is 12.8 Å². The lowest BCUT2D eigenvalue weighted by molar-refractivity contribution is -0.120. The normalized spacial score (nSPS) is 18.6. The van der Waals surface area contributed by atoms with Crippen LogP contribution in [0.4, 0.5) is 0 Å². The summed E-state index contributed by atoms with van der Waals surface area (Å²) in [5, 5.41) is 11.5. The van der Waals surface area contributed by atoms with Crippen LogP contribution in [0.25, 0.3) is 0 Å². The predicted octanol–water partition coefficient (Wildman–Crippen LogP) is 0.719. The maximum Gasteiger partial charge on any atom is 0.371 e. The van der Waals surface area contributed by atoms with Crippen LogP contribution in [0.15, 0.2) is 16.5 Å². The molecule has 7 heteroatoms. The molecule has 0 radical (unpaired) electrons. The second-order valence-electron chi connectivity index (χ2n) is 4.76. The molecule has 7 nitrogen and oxygen atoms in total. The fraction of sp³-hybridized carbons (Fsp3) is 0.462. The number of hydrogen-bond acceptors (Lipinski definition) is 4. The Morgan fingerprint density at radius 1 is 1.35 bits per heavy atom. The topological polar surface area (TPSA) is 99.9 Å². The first-order chi connectivity index (χ1) is 9.47. The van der Waals surface area contributed by atoms with Crippen molar-refractivity contribution < 1.29 is 23.9 Å². The molecule has 0 aromatic carbocycles. The van der Waals surface area contributed by atoms with E-state index in [-0.39, 0.29) is 29.4 Å². The number of piperidine rings is 1. The number of carboxylic acids is 1. The molecule has 1 aromatic heterocycles. The van der Waals surface area contributed by atoms with E-state index in [1.807, 2.05) is 0 Å². The van der Waals surface area contributed by atoms with Gasteiger partial charge in [0.15, 0.2) is 5.76 Å². The first kappa shape index (κ1) is 14.1. The molecular formula is C13H16N2O5. The van der Waals surface area contributed by atoms with Gasteiger partial charge < -0.3 is 19.7 Å². The van der Waals surface area contributed by atoms with Gasteiger partial charge in [0.25, 0.3) is 5.91 Å². The third kappa shape index (κ3) is 3.17. The minimum atomic E-state index is -1.21. The number of carbonyl (C=O) groups excluding carboxylic acids is 2. The molecular weight excluding hydrogens is 264 g/mol. The summed E-state index contributed by atoms with van der Waals surface area (Å²) in [7, 11) is 0. The molecule has 1 aliphatic rings. The molecule has 0 aliphatic carbocycles. The van der Waals surface area contributed by atoms with Crippen LogP contribution in [0.3, 0.4) is 0 Å². The first-order valence-electron chi connectivity index (χ1n) is 6.37. The minimum absolute atomic E-state index is 0.00544. The number of carbonyl (C=O) groups is 3. The quantitative estimate of drug-likeness (QED) is 0.849. The molecule has 1 aliphatic heterocycles. The standard InChI is InChI=1S/C13H16N2O5/c1-8(16)14-9-3-2-6-15(7-9)12(17)10-4-5-11(20-10)13(18)19/h4-5,9H,2-3,6-7H2,1H3,(H,14,16)(H,18,19). The van der Waals surface area contributed by atoms with Crippen molar-refractivity contribution in [3.05, 3.63) is 23.7 Å². The maximum atomic E-state index is 12.2. The average molecular weight is 280 g/mol. The zero-order valence-electron chi connectivity index (χ0n) is 11.1. The van der Waals surface area contributed by atoms with Crippen molar-refractivity contribution >= 4 is 17.8 Å². The third-order valence-electron chi connectivity index (χ3n) is 3.14. The molecule has 1 saturated heterocycles. The summed E-state index contributed by atoms with van der Waals surface area (Å²) in [6, 6.07) is 2.54. The molecule has 1 unspecified atom stereocenters. The highest BCUT2D eigenvalue weighted by molar-refractivity contribution is 5.93. The fourth-order valence-corrected chi connectivity index (χ4v) is 2.29. The third-order valence-corrected chi connectivity index (χ3v) is 3.14. The van der Waals surface area contributed by atoms with Gasteiger partial charge in [-0.25, -0.2) is 4.79 Å². The minimum Gasteiger partial charge on any atom is -0.475 e. The van der Waals surface area contributed by atoms with Gasteiger partial charge in [0.1, 0.15) is 0 Å². The van der Waals surface area contributed by atoms with E-state index in [1.54, 1.807) is 4.90 Å².